The van der Waals surface area contributed by atoms with E-state index >= 15 is 0 Å². The summed E-state index contributed by atoms with van der Waals surface area (Å²) in [7, 11) is 0. The van der Waals surface area contributed by atoms with Crippen LogP contribution in [0.2, 0.25) is 0 Å². The van der Waals surface area contributed by atoms with Gasteiger partial charge in [-0.15, -0.1) is 5.10 Å². The quantitative estimate of drug-likeness (QED) is 0.479. The minimum absolute atomic E-state index is 0.0302. The molecule has 0 bridgehead atoms. The molecule has 2 N–H and O–H groups in total. The molecule has 9 nitrogen and oxygen atoms in total. The minimum atomic E-state index is -0.548. The molecule has 5 aromatic rings. The van der Waals surface area contributed by atoms with Gasteiger partial charge in [-0.3, -0.25) is 4.98 Å². The molecule has 0 aliphatic carbocycles. The maximum atomic E-state index is 14.1. The number of anilines is 1. The summed E-state index contributed by atoms with van der Waals surface area (Å²) in [6.07, 6.45) is 4.55. The Bertz CT molecular complexity index is 1450. The van der Waals surface area contributed by atoms with E-state index in [1.54, 1.807) is 12.3 Å². The van der Waals surface area contributed by atoms with Gasteiger partial charge in [0, 0.05) is 17.3 Å². The number of nitrogens with zero attached hydrogens (tertiary/aromatic N) is 7. The molecule has 1 aromatic carbocycles. The molecule has 4 aromatic heterocycles. The fraction of sp³-hybridized carbons (Fsp3) is 0.0476. The molecule has 4 heterocycles. The van der Waals surface area contributed by atoms with E-state index in [9.17, 15) is 9.18 Å². The third-order valence-corrected chi connectivity index (χ3v) is 4.81. The number of nitrogens with two attached hydrogens (primary N) is 1. The van der Waals surface area contributed by atoms with Gasteiger partial charge >= 0.3 is 5.69 Å². The highest BCUT2D eigenvalue weighted by atomic mass is 19.1. The van der Waals surface area contributed by atoms with Crippen LogP contribution in [0.15, 0.2) is 71.9 Å². The Labute approximate surface area is 174 Å². The Morgan fingerprint density at radius 2 is 1.81 bits per heavy atom. The maximum absolute atomic E-state index is 14.1. The zero-order chi connectivity index (χ0) is 21.4. The number of rotatable bonds is 4. The van der Waals surface area contributed by atoms with Crippen molar-refractivity contribution < 1.29 is 4.39 Å². The first kappa shape index (κ1) is 18.6. The monoisotopic (exact) mass is 414 g/mol. The highest BCUT2D eigenvalue weighted by Gasteiger charge is 2.22. The molecule has 0 atom stereocenters. The van der Waals surface area contributed by atoms with Crippen LogP contribution in [-0.2, 0) is 6.54 Å². The SMILES string of the molecule is Nc1nc(-c2ccccc2)c(-c2ccnnc2)c2nn(Cc3ncccc3F)c(=O)n12. The minimum Gasteiger partial charge on any atom is -0.369 e. The normalized spacial score (nSPS) is 11.1. The summed E-state index contributed by atoms with van der Waals surface area (Å²) in [5.74, 6) is -0.557. The first-order valence-corrected chi connectivity index (χ1v) is 9.34. The summed E-state index contributed by atoms with van der Waals surface area (Å²) in [5, 5.41) is 12.2. The lowest BCUT2D eigenvalue weighted by Crippen LogP contribution is -2.24. The number of fused-ring (bicyclic) bond motifs is 1. The van der Waals surface area contributed by atoms with Crippen LogP contribution in [0.3, 0.4) is 0 Å². The summed E-state index contributed by atoms with van der Waals surface area (Å²) >= 11 is 0. The second-order valence-electron chi connectivity index (χ2n) is 6.72. The van der Waals surface area contributed by atoms with Gasteiger partial charge in [-0.25, -0.2) is 23.3 Å². The molecule has 0 saturated heterocycles. The van der Waals surface area contributed by atoms with Crippen LogP contribution in [0.1, 0.15) is 5.69 Å². The molecule has 0 aliphatic heterocycles. The molecule has 0 radical (unpaired) electrons. The molecule has 10 heteroatoms. The zero-order valence-corrected chi connectivity index (χ0v) is 16.1. The van der Waals surface area contributed by atoms with E-state index < -0.39 is 11.5 Å². The number of pyridine rings is 1. The molecule has 0 aliphatic rings. The predicted octanol–water partition coefficient (Wildman–Crippen LogP) is 2.18. The van der Waals surface area contributed by atoms with Crippen molar-refractivity contribution in [2.75, 3.05) is 5.73 Å². The van der Waals surface area contributed by atoms with Crippen molar-refractivity contribution in [3.63, 3.8) is 0 Å². The largest absolute Gasteiger partial charge is 0.369 e. The van der Waals surface area contributed by atoms with Gasteiger partial charge in [0.1, 0.15) is 5.82 Å². The van der Waals surface area contributed by atoms with Crippen LogP contribution >= 0.6 is 0 Å². The van der Waals surface area contributed by atoms with E-state index in [1.807, 2.05) is 30.3 Å². The predicted molar refractivity (Wildman–Crippen MR) is 111 cm³/mol. The van der Waals surface area contributed by atoms with Crippen LogP contribution in [0.4, 0.5) is 10.3 Å². The molecule has 0 spiro atoms. The zero-order valence-electron chi connectivity index (χ0n) is 16.1. The second kappa shape index (κ2) is 7.41. The lowest BCUT2D eigenvalue weighted by Gasteiger charge is -2.11. The van der Waals surface area contributed by atoms with E-state index in [4.69, 9.17) is 5.73 Å². The highest BCUT2D eigenvalue weighted by Crippen LogP contribution is 2.33. The Hall–Kier alpha value is -4.47. The molecular formula is C21H15FN8O. The summed E-state index contributed by atoms with van der Waals surface area (Å²) in [5.41, 5.74) is 8.54. The Balaban J connectivity index is 1.81. The Kier molecular flexibility index (Phi) is 4.43. The summed E-state index contributed by atoms with van der Waals surface area (Å²) in [6.45, 7) is -0.151. The van der Waals surface area contributed by atoms with E-state index in [0.717, 1.165) is 10.2 Å². The molecular weight excluding hydrogens is 399 g/mol. The van der Waals surface area contributed by atoms with Gasteiger partial charge in [-0.1, -0.05) is 30.3 Å². The third kappa shape index (κ3) is 3.19. The van der Waals surface area contributed by atoms with Crippen LogP contribution < -0.4 is 11.4 Å². The average molecular weight is 414 g/mol. The van der Waals surface area contributed by atoms with Crippen LogP contribution in [0.5, 0.6) is 0 Å². The van der Waals surface area contributed by atoms with Crippen molar-refractivity contribution in [3.05, 3.63) is 89.1 Å². The molecule has 0 amide bonds. The fourth-order valence-corrected chi connectivity index (χ4v) is 3.39. The molecule has 0 saturated carbocycles. The van der Waals surface area contributed by atoms with E-state index in [0.29, 0.717) is 16.8 Å². The van der Waals surface area contributed by atoms with Crippen molar-refractivity contribution in [3.8, 4) is 22.4 Å². The van der Waals surface area contributed by atoms with Crippen molar-refractivity contribution in [2.24, 2.45) is 0 Å². The summed E-state index contributed by atoms with van der Waals surface area (Å²) in [6, 6.07) is 13.9. The molecule has 31 heavy (non-hydrogen) atoms. The van der Waals surface area contributed by atoms with E-state index in [1.165, 1.54) is 28.9 Å². The van der Waals surface area contributed by atoms with Gasteiger partial charge in [0.2, 0.25) is 5.95 Å². The molecule has 0 unspecified atom stereocenters. The van der Waals surface area contributed by atoms with Crippen molar-refractivity contribution in [1.82, 2.24) is 34.3 Å². The van der Waals surface area contributed by atoms with Gasteiger partial charge in [0.15, 0.2) is 5.65 Å². The fourth-order valence-electron chi connectivity index (χ4n) is 3.39. The van der Waals surface area contributed by atoms with Gasteiger partial charge in [-0.2, -0.15) is 10.2 Å². The third-order valence-electron chi connectivity index (χ3n) is 4.81. The number of nitrogen functional groups attached to an aromatic ring is 1. The lowest BCUT2D eigenvalue weighted by atomic mass is 10.0. The number of aromatic nitrogens is 7. The number of hydrogen-bond donors (Lipinski definition) is 1. The number of hydrogen-bond acceptors (Lipinski definition) is 7. The smallest absolute Gasteiger partial charge is 0.353 e. The van der Waals surface area contributed by atoms with E-state index in [2.05, 4.69) is 25.3 Å². The maximum Gasteiger partial charge on any atom is 0.353 e. The van der Waals surface area contributed by atoms with Crippen molar-refractivity contribution in [2.45, 2.75) is 6.54 Å². The summed E-state index contributed by atoms with van der Waals surface area (Å²) in [4.78, 5) is 21.6. The first-order chi connectivity index (χ1) is 15.1. The number of halogens is 1. The first-order valence-electron chi connectivity index (χ1n) is 9.34. The van der Waals surface area contributed by atoms with Gasteiger partial charge in [0.25, 0.3) is 0 Å². The second-order valence-corrected chi connectivity index (χ2v) is 6.72. The van der Waals surface area contributed by atoms with Gasteiger partial charge in [0.05, 0.1) is 35.9 Å². The molecule has 152 valence electrons. The van der Waals surface area contributed by atoms with Crippen molar-refractivity contribution >= 4 is 11.6 Å². The average Bonchev–Trinajstić information content (AvgIpc) is 3.13. The highest BCUT2D eigenvalue weighted by molar-refractivity contribution is 5.90. The molecule has 0 fully saturated rings. The van der Waals surface area contributed by atoms with Crippen LogP contribution in [-0.4, -0.2) is 34.3 Å². The van der Waals surface area contributed by atoms with Crippen LogP contribution in [0, 0.1) is 5.82 Å². The van der Waals surface area contributed by atoms with Crippen molar-refractivity contribution in [1.29, 1.82) is 0 Å². The Morgan fingerprint density at radius 3 is 2.55 bits per heavy atom. The summed E-state index contributed by atoms with van der Waals surface area (Å²) < 4.78 is 16.4. The standard InChI is InChI=1S/C21H15FN8O/c22-15-7-4-9-24-16(15)12-29-21(31)30-19(28-29)17(14-8-10-25-26-11-14)18(27-20(30)23)13-5-2-1-3-6-13/h1-11H,12H2,(H2,23,27). The molecule has 5 rings (SSSR count). The van der Waals surface area contributed by atoms with Crippen LogP contribution in [0.25, 0.3) is 28.0 Å². The van der Waals surface area contributed by atoms with Gasteiger partial charge in [-0.05, 0) is 18.2 Å². The van der Waals surface area contributed by atoms with Gasteiger partial charge < -0.3 is 5.73 Å². The topological polar surface area (TPSA) is 117 Å². The number of benzene rings is 1. The van der Waals surface area contributed by atoms with E-state index in [-0.39, 0.29) is 23.8 Å². The lowest BCUT2D eigenvalue weighted by molar-refractivity contribution is 0.564. The Morgan fingerprint density at radius 1 is 0.968 bits per heavy atom.